The highest BCUT2D eigenvalue weighted by Crippen LogP contribution is 2.11. The second-order valence-corrected chi connectivity index (χ2v) is 6.47. The van der Waals surface area contributed by atoms with Gasteiger partial charge in [-0.15, -0.1) is 0 Å². The minimum absolute atomic E-state index is 0.176. The fourth-order valence-electron chi connectivity index (χ4n) is 0.300. The molecule has 0 aliphatic heterocycles. The van der Waals surface area contributed by atoms with Crippen LogP contribution in [0.1, 0.15) is 6.92 Å². The molecule has 0 amide bonds. The minimum atomic E-state index is -1.11. The van der Waals surface area contributed by atoms with Gasteiger partial charge in [-0.2, -0.15) is 0 Å². The standard InChI is InChI=1S/C5H12O4.C4H6O2.6C3H4O2/c6-1-5(2-7,3-8)4-9;1-3(2)4(5)6;6*1-2-3(4)5/h6-9H,1-4H2;1H2,2H3,(H,5,6);6*2H,1H2,(H,4,5). The predicted octanol–water partition coefficient (Wildman–Crippen LogP) is 0.131. The van der Waals surface area contributed by atoms with Crippen LogP contribution in [-0.4, -0.2) is 124 Å². The number of aliphatic carboxylic acids is 7. The maximum atomic E-state index is 9.60. The Balaban J connectivity index is -0.0000000586. The quantitative estimate of drug-likeness (QED) is 0.132. The van der Waals surface area contributed by atoms with Crippen LogP contribution in [0, 0.1) is 5.41 Å². The van der Waals surface area contributed by atoms with Crippen LogP contribution in [0.5, 0.6) is 0 Å². The van der Waals surface area contributed by atoms with E-state index in [1.54, 1.807) is 0 Å². The van der Waals surface area contributed by atoms with Gasteiger partial charge in [-0.05, 0) is 6.92 Å². The van der Waals surface area contributed by atoms with E-state index in [-0.39, 0.29) is 5.57 Å². The monoisotopic (exact) mass is 654 g/mol. The Labute approximate surface area is 258 Å². The maximum absolute atomic E-state index is 9.60. The van der Waals surface area contributed by atoms with Gasteiger partial charge in [-0.25, -0.2) is 33.6 Å². The van der Waals surface area contributed by atoms with E-state index < -0.39 is 73.6 Å². The molecular weight excluding hydrogens is 612 g/mol. The molecule has 0 rings (SSSR count). The topological polar surface area (TPSA) is 342 Å². The first-order valence-electron chi connectivity index (χ1n) is 11.0. The first-order valence-corrected chi connectivity index (χ1v) is 11.0. The molecule has 0 bridgehead atoms. The van der Waals surface area contributed by atoms with E-state index in [9.17, 15) is 33.6 Å². The van der Waals surface area contributed by atoms with Gasteiger partial charge in [0, 0.05) is 42.0 Å². The van der Waals surface area contributed by atoms with Gasteiger partial charge in [0.25, 0.3) is 0 Å². The van der Waals surface area contributed by atoms with Crippen molar-refractivity contribution in [2.75, 3.05) is 26.4 Å². The fraction of sp³-hybridized carbons (Fsp3) is 0.222. The first-order chi connectivity index (χ1) is 20.5. The molecule has 0 aromatic rings. The molecule has 0 radical (unpaired) electrons. The van der Waals surface area contributed by atoms with E-state index in [0.29, 0.717) is 0 Å². The van der Waals surface area contributed by atoms with Gasteiger partial charge in [-0.3, -0.25) is 0 Å². The van der Waals surface area contributed by atoms with Crippen LogP contribution in [0.15, 0.2) is 88.1 Å². The van der Waals surface area contributed by atoms with Crippen molar-refractivity contribution in [3.8, 4) is 0 Å². The summed E-state index contributed by atoms with van der Waals surface area (Å²) in [5, 5.41) is 87.5. The van der Waals surface area contributed by atoms with Crippen molar-refractivity contribution < 1.29 is 89.7 Å². The summed E-state index contributed by atoms with van der Waals surface area (Å²) < 4.78 is 0. The Morgan fingerprint density at radius 2 is 0.533 bits per heavy atom. The highest BCUT2D eigenvalue weighted by Gasteiger charge is 2.26. The number of aliphatic hydroxyl groups is 4. The van der Waals surface area contributed by atoms with E-state index in [4.69, 9.17) is 56.2 Å². The number of hydrogen-bond donors (Lipinski definition) is 11. The lowest BCUT2D eigenvalue weighted by Crippen LogP contribution is -2.37. The number of rotatable bonds is 11. The molecule has 0 atom stereocenters. The molecule has 0 spiro atoms. The summed E-state index contributed by atoms with van der Waals surface area (Å²) in [4.78, 5) is 65.1. The average Bonchev–Trinajstić information content (AvgIpc) is 3.00. The fourth-order valence-corrected chi connectivity index (χ4v) is 0.300. The SMILES string of the molecule is C=C(C)C(=O)O.C=CC(=O)O.C=CC(=O)O.C=CC(=O)O.C=CC(=O)O.C=CC(=O)O.C=CC(=O)O.OCC(CO)(CO)CO. The number of carbonyl (C=O) groups is 7. The summed E-state index contributed by atoms with van der Waals surface area (Å²) in [7, 11) is 0. The summed E-state index contributed by atoms with van der Waals surface area (Å²) in [6.07, 6.45) is 5.00. The zero-order valence-corrected chi connectivity index (χ0v) is 24.5. The lowest BCUT2D eigenvalue weighted by Gasteiger charge is -2.23. The number of carboxylic acid groups (broad SMARTS) is 7. The number of carboxylic acids is 7. The normalized spacial score (nSPS) is 7.67. The van der Waals surface area contributed by atoms with Gasteiger partial charge < -0.3 is 56.2 Å². The molecule has 0 aliphatic rings. The van der Waals surface area contributed by atoms with Gasteiger partial charge in [0.1, 0.15) is 0 Å². The molecule has 0 aromatic heterocycles. The van der Waals surface area contributed by atoms with E-state index in [2.05, 4.69) is 46.1 Å². The molecule has 0 saturated carbocycles. The molecule has 0 saturated heterocycles. The smallest absolute Gasteiger partial charge is 0.330 e. The summed E-state index contributed by atoms with van der Waals surface area (Å²) in [6.45, 7) is 20.7. The second kappa shape index (κ2) is 45.3. The molecule has 0 fully saturated rings. The Morgan fingerprint density at radius 3 is 0.533 bits per heavy atom. The summed E-state index contributed by atoms with van der Waals surface area (Å²) in [5.41, 5.74) is -0.935. The summed E-state index contributed by atoms with van der Waals surface area (Å²) in [6, 6.07) is 0. The van der Waals surface area contributed by atoms with Crippen molar-refractivity contribution in [2.45, 2.75) is 6.92 Å². The van der Waals surface area contributed by atoms with Crippen molar-refractivity contribution in [3.63, 3.8) is 0 Å². The zero-order chi connectivity index (χ0) is 38.2. The minimum Gasteiger partial charge on any atom is -0.478 e. The van der Waals surface area contributed by atoms with E-state index in [1.165, 1.54) is 6.92 Å². The third kappa shape index (κ3) is 101. The van der Waals surface area contributed by atoms with Crippen LogP contribution >= 0.6 is 0 Å². The molecule has 18 nitrogen and oxygen atoms in total. The van der Waals surface area contributed by atoms with Gasteiger partial charge in [0.05, 0.1) is 31.8 Å². The van der Waals surface area contributed by atoms with Crippen LogP contribution < -0.4 is 0 Å². The molecule has 0 aliphatic carbocycles. The lowest BCUT2D eigenvalue weighted by molar-refractivity contribution is -0.133. The van der Waals surface area contributed by atoms with Crippen molar-refractivity contribution in [3.05, 3.63) is 88.1 Å². The maximum Gasteiger partial charge on any atom is 0.330 e. The highest BCUT2D eigenvalue weighted by atomic mass is 16.4. The third-order valence-electron chi connectivity index (χ3n) is 2.75. The van der Waals surface area contributed by atoms with Crippen molar-refractivity contribution in [2.24, 2.45) is 5.41 Å². The van der Waals surface area contributed by atoms with Gasteiger partial charge in [0.2, 0.25) is 0 Å². The molecule has 0 heterocycles. The van der Waals surface area contributed by atoms with E-state index in [0.717, 1.165) is 36.5 Å². The second-order valence-electron chi connectivity index (χ2n) is 6.47. The Bertz CT molecular complexity index is 774. The number of hydrogen-bond acceptors (Lipinski definition) is 11. The van der Waals surface area contributed by atoms with Crippen molar-refractivity contribution in [1.82, 2.24) is 0 Å². The van der Waals surface area contributed by atoms with Crippen LogP contribution in [0.2, 0.25) is 0 Å². The molecule has 258 valence electrons. The van der Waals surface area contributed by atoms with E-state index >= 15 is 0 Å². The Hall–Kier alpha value is -5.69. The van der Waals surface area contributed by atoms with Crippen molar-refractivity contribution in [1.29, 1.82) is 0 Å². The summed E-state index contributed by atoms with van der Waals surface area (Å²) in [5.74, 6) is -6.82. The van der Waals surface area contributed by atoms with E-state index in [1.807, 2.05) is 0 Å². The lowest BCUT2D eigenvalue weighted by atomic mass is 9.93. The number of aliphatic hydroxyl groups excluding tert-OH is 4. The highest BCUT2D eigenvalue weighted by molar-refractivity contribution is 5.84. The molecule has 11 N–H and O–H groups in total. The van der Waals surface area contributed by atoms with Gasteiger partial charge in [0.15, 0.2) is 0 Å². The summed E-state index contributed by atoms with van der Waals surface area (Å²) >= 11 is 0. The van der Waals surface area contributed by atoms with Crippen LogP contribution in [-0.2, 0) is 33.6 Å². The zero-order valence-electron chi connectivity index (χ0n) is 24.5. The van der Waals surface area contributed by atoms with Crippen LogP contribution in [0.4, 0.5) is 0 Å². The first kappa shape index (κ1) is 58.9. The molecule has 0 aromatic carbocycles. The molecule has 0 unspecified atom stereocenters. The Kier molecular flexibility index (Phi) is 59.2. The molecule has 18 heteroatoms. The van der Waals surface area contributed by atoms with Gasteiger partial charge in [-0.1, -0.05) is 46.1 Å². The average molecular weight is 655 g/mol. The van der Waals surface area contributed by atoms with Crippen LogP contribution in [0.25, 0.3) is 0 Å². The van der Waals surface area contributed by atoms with Crippen molar-refractivity contribution >= 4 is 41.8 Å². The Morgan fingerprint density at radius 1 is 0.444 bits per heavy atom. The molecule has 45 heavy (non-hydrogen) atoms. The van der Waals surface area contributed by atoms with Gasteiger partial charge >= 0.3 is 41.8 Å². The predicted molar refractivity (Wildman–Crippen MR) is 160 cm³/mol. The third-order valence-corrected chi connectivity index (χ3v) is 2.75. The molecular formula is C27H42O18. The van der Waals surface area contributed by atoms with Crippen LogP contribution in [0.3, 0.4) is 0 Å². The largest absolute Gasteiger partial charge is 0.478 e.